The molecular formula is C13H28N2O. The molecule has 1 aliphatic rings. The molecule has 0 amide bonds. The van der Waals surface area contributed by atoms with Crippen LogP contribution >= 0.6 is 0 Å². The highest BCUT2D eigenvalue weighted by Gasteiger charge is 2.19. The average molecular weight is 228 g/mol. The lowest BCUT2D eigenvalue weighted by molar-refractivity contribution is 0.0908. The molecule has 96 valence electrons. The lowest BCUT2D eigenvalue weighted by Gasteiger charge is -2.32. The molecule has 0 bridgehead atoms. The largest absolute Gasteiger partial charge is 0.390 e. The Morgan fingerprint density at radius 3 is 2.62 bits per heavy atom. The van der Waals surface area contributed by atoms with E-state index in [2.05, 4.69) is 24.2 Å². The van der Waals surface area contributed by atoms with E-state index < -0.39 is 0 Å². The zero-order valence-electron chi connectivity index (χ0n) is 10.9. The summed E-state index contributed by atoms with van der Waals surface area (Å²) < 4.78 is 0. The molecule has 16 heavy (non-hydrogen) atoms. The third-order valence-corrected chi connectivity index (χ3v) is 3.50. The van der Waals surface area contributed by atoms with Gasteiger partial charge in [0.2, 0.25) is 0 Å². The first-order valence-corrected chi connectivity index (χ1v) is 6.83. The van der Waals surface area contributed by atoms with Crippen molar-refractivity contribution in [2.24, 2.45) is 0 Å². The first-order valence-electron chi connectivity index (χ1n) is 6.83. The number of nitrogens with zero attached hydrogens (tertiary/aromatic N) is 1. The summed E-state index contributed by atoms with van der Waals surface area (Å²) in [6, 6.07) is 0.703. The predicted octanol–water partition coefficient (Wildman–Crippen LogP) is 1.61. The molecule has 1 rings (SSSR count). The SMILES string of the molecule is CCCNCC(O)CN(C)C1CCCCC1. The minimum Gasteiger partial charge on any atom is -0.390 e. The van der Waals surface area contributed by atoms with Crippen LogP contribution in [-0.4, -0.2) is 48.8 Å². The Bertz CT molecular complexity index is 169. The van der Waals surface area contributed by atoms with E-state index in [1.807, 2.05) is 0 Å². The first-order chi connectivity index (χ1) is 7.74. The van der Waals surface area contributed by atoms with Gasteiger partial charge in [-0.05, 0) is 32.9 Å². The van der Waals surface area contributed by atoms with Crippen molar-refractivity contribution < 1.29 is 5.11 Å². The van der Waals surface area contributed by atoms with Crippen molar-refractivity contribution in [2.75, 3.05) is 26.7 Å². The summed E-state index contributed by atoms with van der Waals surface area (Å²) in [5, 5.41) is 13.1. The van der Waals surface area contributed by atoms with Gasteiger partial charge in [-0.25, -0.2) is 0 Å². The number of rotatable bonds is 7. The third kappa shape index (κ3) is 5.28. The minimum atomic E-state index is -0.224. The van der Waals surface area contributed by atoms with Gasteiger partial charge in [-0.3, -0.25) is 0 Å². The van der Waals surface area contributed by atoms with Crippen LogP contribution in [0.1, 0.15) is 45.4 Å². The molecule has 0 radical (unpaired) electrons. The van der Waals surface area contributed by atoms with E-state index in [4.69, 9.17) is 0 Å². The van der Waals surface area contributed by atoms with Crippen molar-refractivity contribution in [1.29, 1.82) is 0 Å². The van der Waals surface area contributed by atoms with Crippen LogP contribution in [0.5, 0.6) is 0 Å². The van der Waals surface area contributed by atoms with Crippen LogP contribution in [0.3, 0.4) is 0 Å². The summed E-state index contributed by atoms with van der Waals surface area (Å²) in [5.74, 6) is 0. The number of nitrogens with one attached hydrogen (secondary N) is 1. The van der Waals surface area contributed by atoms with Crippen molar-refractivity contribution in [1.82, 2.24) is 10.2 Å². The topological polar surface area (TPSA) is 35.5 Å². The molecule has 3 heteroatoms. The van der Waals surface area contributed by atoms with Gasteiger partial charge >= 0.3 is 0 Å². The van der Waals surface area contributed by atoms with E-state index in [-0.39, 0.29) is 6.10 Å². The van der Waals surface area contributed by atoms with Crippen LogP contribution in [0.25, 0.3) is 0 Å². The average Bonchev–Trinajstić information content (AvgIpc) is 2.30. The Hall–Kier alpha value is -0.120. The molecule has 0 aromatic rings. The molecule has 2 N–H and O–H groups in total. The Morgan fingerprint density at radius 2 is 2.00 bits per heavy atom. The van der Waals surface area contributed by atoms with Gasteiger partial charge in [0, 0.05) is 19.1 Å². The van der Waals surface area contributed by atoms with Crippen LogP contribution in [-0.2, 0) is 0 Å². The highest BCUT2D eigenvalue weighted by Crippen LogP contribution is 2.21. The first kappa shape index (κ1) is 13.9. The summed E-state index contributed by atoms with van der Waals surface area (Å²) in [5.41, 5.74) is 0. The lowest BCUT2D eigenvalue weighted by atomic mass is 9.94. The maximum atomic E-state index is 9.87. The van der Waals surface area contributed by atoms with E-state index in [0.717, 1.165) is 26.1 Å². The molecule has 0 saturated heterocycles. The summed E-state index contributed by atoms with van der Waals surface area (Å²) >= 11 is 0. The van der Waals surface area contributed by atoms with E-state index in [1.54, 1.807) is 0 Å². The quantitative estimate of drug-likeness (QED) is 0.650. The molecule has 1 unspecified atom stereocenters. The fraction of sp³-hybridized carbons (Fsp3) is 1.00. The van der Waals surface area contributed by atoms with Gasteiger partial charge in [-0.2, -0.15) is 0 Å². The van der Waals surface area contributed by atoms with Crippen molar-refractivity contribution in [3.8, 4) is 0 Å². The molecule has 0 spiro atoms. The van der Waals surface area contributed by atoms with Gasteiger partial charge in [0.1, 0.15) is 0 Å². The summed E-state index contributed by atoms with van der Waals surface area (Å²) in [7, 11) is 2.15. The molecule has 0 heterocycles. The van der Waals surface area contributed by atoms with Crippen LogP contribution in [0, 0.1) is 0 Å². The molecule has 1 atom stereocenters. The smallest absolute Gasteiger partial charge is 0.0791 e. The summed E-state index contributed by atoms with van der Waals surface area (Å²) in [6.45, 7) is 4.68. The van der Waals surface area contributed by atoms with Crippen molar-refractivity contribution >= 4 is 0 Å². The lowest BCUT2D eigenvalue weighted by Crippen LogP contribution is -2.42. The van der Waals surface area contributed by atoms with Gasteiger partial charge in [-0.15, -0.1) is 0 Å². The number of likely N-dealkylation sites (N-methyl/N-ethyl adjacent to an activating group) is 1. The van der Waals surface area contributed by atoms with E-state index in [9.17, 15) is 5.11 Å². The summed E-state index contributed by atoms with van der Waals surface area (Å²) in [6.07, 6.45) is 7.64. The van der Waals surface area contributed by atoms with E-state index in [1.165, 1.54) is 32.1 Å². The molecule has 1 fully saturated rings. The van der Waals surface area contributed by atoms with Gasteiger partial charge in [0.25, 0.3) is 0 Å². The predicted molar refractivity (Wildman–Crippen MR) is 68.7 cm³/mol. The Morgan fingerprint density at radius 1 is 1.31 bits per heavy atom. The molecular weight excluding hydrogens is 200 g/mol. The molecule has 0 aromatic heterocycles. The molecule has 3 nitrogen and oxygen atoms in total. The molecule has 0 aromatic carbocycles. The van der Waals surface area contributed by atoms with E-state index >= 15 is 0 Å². The summed E-state index contributed by atoms with van der Waals surface area (Å²) in [4.78, 5) is 2.34. The fourth-order valence-electron chi connectivity index (χ4n) is 2.51. The molecule has 1 aliphatic carbocycles. The Balaban J connectivity index is 2.13. The standard InChI is InChI=1S/C13H28N2O/c1-3-9-14-10-13(16)11-15(2)12-7-5-4-6-8-12/h12-14,16H,3-11H2,1-2H3. The van der Waals surface area contributed by atoms with Crippen molar-refractivity contribution in [3.63, 3.8) is 0 Å². The maximum absolute atomic E-state index is 9.87. The van der Waals surface area contributed by atoms with Gasteiger partial charge in [0.05, 0.1) is 6.10 Å². The highest BCUT2D eigenvalue weighted by molar-refractivity contribution is 4.75. The highest BCUT2D eigenvalue weighted by atomic mass is 16.3. The molecule has 0 aliphatic heterocycles. The van der Waals surface area contributed by atoms with Crippen molar-refractivity contribution in [3.05, 3.63) is 0 Å². The van der Waals surface area contributed by atoms with E-state index in [0.29, 0.717) is 6.04 Å². The van der Waals surface area contributed by atoms with Gasteiger partial charge in [0.15, 0.2) is 0 Å². The zero-order valence-corrected chi connectivity index (χ0v) is 10.9. The third-order valence-electron chi connectivity index (χ3n) is 3.50. The van der Waals surface area contributed by atoms with Gasteiger partial charge < -0.3 is 15.3 Å². The maximum Gasteiger partial charge on any atom is 0.0791 e. The second-order valence-electron chi connectivity index (χ2n) is 5.09. The fourth-order valence-corrected chi connectivity index (χ4v) is 2.51. The van der Waals surface area contributed by atoms with Crippen LogP contribution in [0.2, 0.25) is 0 Å². The van der Waals surface area contributed by atoms with Crippen LogP contribution < -0.4 is 5.32 Å². The Labute approximate surface area is 100 Å². The van der Waals surface area contributed by atoms with Crippen LogP contribution in [0.15, 0.2) is 0 Å². The number of aliphatic hydroxyl groups is 1. The minimum absolute atomic E-state index is 0.224. The van der Waals surface area contributed by atoms with Crippen molar-refractivity contribution in [2.45, 2.75) is 57.6 Å². The van der Waals surface area contributed by atoms with Gasteiger partial charge in [-0.1, -0.05) is 26.2 Å². The zero-order chi connectivity index (χ0) is 11.8. The molecule has 1 saturated carbocycles. The Kier molecular flexibility index (Phi) is 7.01. The normalized spacial score (nSPS) is 20.2. The van der Waals surface area contributed by atoms with Crippen LogP contribution in [0.4, 0.5) is 0 Å². The number of hydrogen-bond donors (Lipinski definition) is 2. The number of aliphatic hydroxyl groups excluding tert-OH is 1. The monoisotopic (exact) mass is 228 g/mol. The second kappa shape index (κ2) is 8.04. The second-order valence-corrected chi connectivity index (χ2v) is 5.09. The number of hydrogen-bond acceptors (Lipinski definition) is 3.